The predicted molar refractivity (Wildman–Crippen MR) is 87.8 cm³/mol. The molecule has 126 valence electrons. The minimum absolute atomic E-state index is 0.180. The minimum atomic E-state index is -0.473. The molecule has 1 rings (SSSR count). The normalized spacial score (nSPS) is 14.5. The Morgan fingerprint density at radius 2 is 2.09 bits per heavy atom. The summed E-state index contributed by atoms with van der Waals surface area (Å²) in [4.78, 5) is 11.7. The Kier molecular flexibility index (Phi) is 6.41. The molecule has 22 heavy (non-hydrogen) atoms. The van der Waals surface area contributed by atoms with Gasteiger partial charge in [0.2, 0.25) is 0 Å². The van der Waals surface area contributed by atoms with Gasteiger partial charge in [-0.15, -0.1) is 0 Å². The van der Waals surface area contributed by atoms with Gasteiger partial charge in [0.1, 0.15) is 5.60 Å². The van der Waals surface area contributed by atoms with E-state index in [2.05, 4.69) is 29.6 Å². The van der Waals surface area contributed by atoms with Crippen molar-refractivity contribution in [2.75, 3.05) is 6.54 Å². The zero-order valence-electron chi connectivity index (χ0n) is 14.9. The number of carbonyl (C=O) groups is 1. The quantitative estimate of drug-likeness (QED) is 0.847. The molecule has 0 aliphatic carbocycles. The summed E-state index contributed by atoms with van der Waals surface area (Å²) in [5.41, 5.74) is 1.73. The van der Waals surface area contributed by atoms with Gasteiger partial charge in [-0.1, -0.05) is 6.92 Å². The van der Waals surface area contributed by atoms with E-state index in [9.17, 15) is 4.79 Å². The van der Waals surface area contributed by atoms with Crippen molar-refractivity contribution in [3.8, 4) is 0 Å². The highest BCUT2D eigenvalue weighted by Crippen LogP contribution is 2.16. The van der Waals surface area contributed by atoms with Gasteiger partial charge in [0.25, 0.3) is 0 Å². The maximum Gasteiger partial charge on any atom is 0.407 e. The highest BCUT2D eigenvalue weighted by Gasteiger charge is 2.19. The highest BCUT2D eigenvalue weighted by molar-refractivity contribution is 5.67. The first-order valence-electron chi connectivity index (χ1n) is 7.85. The van der Waals surface area contributed by atoms with Crippen LogP contribution in [-0.4, -0.2) is 34.1 Å². The minimum Gasteiger partial charge on any atom is -0.444 e. The van der Waals surface area contributed by atoms with Crippen LogP contribution in [0.3, 0.4) is 0 Å². The molecule has 2 unspecified atom stereocenters. The van der Waals surface area contributed by atoms with Crippen LogP contribution in [-0.2, 0) is 11.8 Å². The largest absolute Gasteiger partial charge is 0.444 e. The molecule has 0 radical (unpaired) electrons. The summed E-state index contributed by atoms with van der Waals surface area (Å²) in [5.74, 6) is 0. The second-order valence-corrected chi connectivity index (χ2v) is 6.72. The lowest BCUT2D eigenvalue weighted by Gasteiger charge is -2.24. The highest BCUT2D eigenvalue weighted by atomic mass is 16.6. The van der Waals surface area contributed by atoms with Crippen LogP contribution in [0.15, 0.2) is 6.20 Å². The van der Waals surface area contributed by atoms with E-state index in [0.29, 0.717) is 6.54 Å². The fourth-order valence-electron chi connectivity index (χ4n) is 2.33. The number of carbonyl (C=O) groups excluding carboxylic acids is 1. The summed E-state index contributed by atoms with van der Waals surface area (Å²) in [6, 6.07) is 0.362. The number of hydrogen-bond acceptors (Lipinski definition) is 4. The molecule has 0 bridgehead atoms. The predicted octanol–water partition coefficient (Wildman–Crippen LogP) is 2.68. The Bertz CT molecular complexity index is 491. The van der Waals surface area contributed by atoms with Crippen LogP contribution < -0.4 is 10.6 Å². The van der Waals surface area contributed by atoms with Crippen molar-refractivity contribution in [1.82, 2.24) is 20.4 Å². The van der Waals surface area contributed by atoms with Crippen LogP contribution in [0.25, 0.3) is 0 Å². The van der Waals surface area contributed by atoms with Gasteiger partial charge in [0, 0.05) is 37.4 Å². The summed E-state index contributed by atoms with van der Waals surface area (Å²) >= 11 is 0. The molecule has 1 amide bonds. The second-order valence-electron chi connectivity index (χ2n) is 6.72. The lowest BCUT2D eigenvalue weighted by Crippen LogP contribution is -2.43. The maximum atomic E-state index is 11.7. The van der Waals surface area contributed by atoms with Gasteiger partial charge < -0.3 is 15.4 Å². The van der Waals surface area contributed by atoms with E-state index in [1.54, 1.807) is 0 Å². The number of alkyl carbamates (subject to hydrolysis) is 1. The van der Waals surface area contributed by atoms with E-state index < -0.39 is 5.60 Å². The lowest BCUT2D eigenvalue weighted by atomic mass is 10.1. The number of nitrogens with one attached hydrogen (secondary N) is 2. The van der Waals surface area contributed by atoms with E-state index in [4.69, 9.17) is 4.74 Å². The van der Waals surface area contributed by atoms with E-state index in [-0.39, 0.29) is 18.2 Å². The van der Waals surface area contributed by atoms with Gasteiger partial charge in [-0.05, 0) is 41.0 Å². The van der Waals surface area contributed by atoms with E-state index in [1.807, 2.05) is 45.6 Å². The first kappa shape index (κ1) is 18.5. The zero-order valence-corrected chi connectivity index (χ0v) is 14.9. The van der Waals surface area contributed by atoms with Crippen molar-refractivity contribution < 1.29 is 9.53 Å². The van der Waals surface area contributed by atoms with E-state index >= 15 is 0 Å². The molecule has 6 heteroatoms. The van der Waals surface area contributed by atoms with Crippen molar-refractivity contribution in [3.63, 3.8) is 0 Å². The molecule has 6 nitrogen and oxygen atoms in total. The Morgan fingerprint density at radius 3 is 2.55 bits per heavy atom. The summed E-state index contributed by atoms with van der Waals surface area (Å²) in [6.45, 7) is 12.3. The smallest absolute Gasteiger partial charge is 0.407 e. The van der Waals surface area contributed by atoms with E-state index in [0.717, 1.165) is 12.1 Å². The monoisotopic (exact) mass is 310 g/mol. The first-order chi connectivity index (χ1) is 10.1. The van der Waals surface area contributed by atoms with Crippen LogP contribution in [0.1, 0.15) is 58.3 Å². The zero-order chi connectivity index (χ0) is 16.9. The van der Waals surface area contributed by atoms with Crippen molar-refractivity contribution >= 4 is 6.09 Å². The SMILES string of the molecule is CCC(CNC(=O)OC(C)(C)C)NC(C)c1cn(C)nc1C. The van der Waals surface area contributed by atoms with Gasteiger partial charge in [0.05, 0.1) is 5.69 Å². The third kappa shape index (κ3) is 6.05. The number of amides is 1. The van der Waals surface area contributed by atoms with Crippen molar-refractivity contribution in [1.29, 1.82) is 0 Å². The Balaban J connectivity index is 2.51. The third-order valence-electron chi connectivity index (χ3n) is 3.39. The molecule has 1 aromatic rings. The Hall–Kier alpha value is -1.56. The fourth-order valence-corrected chi connectivity index (χ4v) is 2.33. The van der Waals surface area contributed by atoms with Crippen molar-refractivity contribution in [2.24, 2.45) is 7.05 Å². The molecule has 0 aromatic carbocycles. The first-order valence-corrected chi connectivity index (χ1v) is 7.85. The van der Waals surface area contributed by atoms with Crippen LogP contribution in [0.2, 0.25) is 0 Å². The summed E-state index contributed by atoms with van der Waals surface area (Å²) in [6.07, 6.45) is 2.57. The third-order valence-corrected chi connectivity index (χ3v) is 3.39. The van der Waals surface area contributed by atoms with Gasteiger partial charge in [-0.25, -0.2) is 4.79 Å². The summed E-state index contributed by atoms with van der Waals surface area (Å²) in [7, 11) is 1.92. The molecule has 0 aliphatic rings. The van der Waals surface area contributed by atoms with Gasteiger partial charge in [0.15, 0.2) is 0 Å². The van der Waals surface area contributed by atoms with E-state index in [1.165, 1.54) is 5.56 Å². The fraction of sp³-hybridized carbons (Fsp3) is 0.750. The van der Waals surface area contributed by atoms with Crippen LogP contribution in [0, 0.1) is 6.92 Å². The van der Waals surface area contributed by atoms with Crippen LogP contribution >= 0.6 is 0 Å². The molecule has 2 N–H and O–H groups in total. The van der Waals surface area contributed by atoms with Gasteiger partial charge in [-0.3, -0.25) is 4.68 Å². The molecule has 0 saturated carbocycles. The number of ether oxygens (including phenoxy) is 1. The standard InChI is InChI=1S/C16H30N4O2/c1-8-13(9-17-15(21)22-16(4,5)6)18-11(2)14-10-20(7)19-12(14)3/h10-11,13,18H,8-9H2,1-7H3,(H,17,21). The molecule has 2 atom stereocenters. The molecule has 0 spiro atoms. The maximum absolute atomic E-state index is 11.7. The Morgan fingerprint density at radius 1 is 1.45 bits per heavy atom. The van der Waals surface area contributed by atoms with Gasteiger partial charge in [-0.2, -0.15) is 5.10 Å². The van der Waals surface area contributed by atoms with Crippen molar-refractivity contribution in [2.45, 2.75) is 65.6 Å². The summed E-state index contributed by atoms with van der Waals surface area (Å²) in [5, 5.41) is 10.7. The number of aromatic nitrogens is 2. The van der Waals surface area contributed by atoms with Gasteiger partial charge >= 0.3 is 6.09 Å². The number of rotatable bonds is 6. The second kappa shape index (κ2) is 7.63. The molecule has 1 heterocycles. The van der Waals surface area contributed by atoms with Crippen LogP contribution in [0.5, 0.6) is 0 Å². The molecule has 0 fully saturated rings. The Labute approximate surface area is 133 Å². The number of hydrogen-bond donors (Lipinski definition) is 2. The molecular formula is C16H30N4O2. The number of aryl methyl sites for hydroxylation is 2. The number of nitrogens with zero attached hydrogens (tertiary/aromatic N) is 2. The topological polar surface area (TPSA) is 68.2 Å². The average Bonchev–Trinajstić information content (AvgIpc) is 2.71. The molecular weight excluding hydrogens is 280 g/mol. The lowest BCUT2D eigenvalue weighted by molar-refractivity contribution is 0.0521. The molecule has 0 aliphatic heterocycles. The molecule has 1 aromatic heterocycles. The van der Waals surface area contributed by atoms with Crippen LogP contribution in [0.4, 0.5) is 4.79 Å². The van der Waals surface area contributed by atoms with Crippen molar-refractivity contribution in [3.05, 3.63) is 17.5 Å². The summed E-state index contributed by atoms with van der Waals surface area (Å²) < 4.78 is 7.08. The molecule has 0 saturated heterocycles. The average molecular weight is 310 g/mol.